The van der Waals surface area contributed by atoms with Gasteiger partial charge in [0.25, 0.3) is 0 Å². The van der Waals surface area contributed by atoms with Crippen molar-refractivity contribution in [3.8, 4) is 0 Å². The van der Waals surface area contributed by atoms with E-state index < -0.39 is 15.8 Å². The van der Waals surface area contributed by atoms with Gasteiger partial charge in [0, 0.05) is 0 Å². The second-order valence-corrected chi connectivity index (χ2v) is 9.83. The fourth-order valence-electron chi connectivity index (χ4n) is 3.39. The number of amides is 1. The van der Waals surface area contributed by atoms with Gasteiger partial charge in [-0.3, -0.25) is 0 Å². The average Bonchev–Trinajstić information content (AvgIpc) is 3.10. The number of anilines is 1. The Hall–Kier alpha value is -2.37. The van der Waals surface area contributed by atoms with Gasteiger partial charge in [-0.25, -0.2) is 0 Å². The van der Waals surface area contributed by atoms with Crippen LogP contribution in [-0.4, -0.2) is 74.3 Å². The van der Waals surface area contributed by atoms with E-state index in [9.17, 15) is 4.79 Å². The number of nitrogens with two attached hydrogens (primary N) is 1. The van der Waals surface area contributed by atoms with E-state index in [4.69, 9.17) is 10.7 Å². The van der Waals surface area contributed by atoms with Gasteiger partial charge in [0.05, 0.1) is 0 Å². The summed E-state index contributed by atoms with van der Waals surface area (Å²) in [6, 6.07) is 10.8. The second-order valence-electron chi connectivity index (χ2n) is 7.16. The maximum absolute atomic E-state index is 11.1. The van der Waals surface area contributed by atoms with Crippen LogP contribution in [0.1, 0.15) is 6.42 Å². The third-order valence-electron chi connectivity index (χ3n) is 5.09. The standard InChI is InChI=1S/C20H25AsN6O/c1-25-10-12-26(13-11-25)17-4-2-16(3-5-17)21-20-23-14-15-6-8-27(19(15)24-20)9-7-18(22)28/h2-6,8,14,21H,7,9-13H2,1H3,(H2,22,28). The van der Waals surface area contributed by atoms with Crippen molar-refractivity contribution in [1.29, 1.82) is 0 Å². The Morgan fingerprint density at radius 3 is 2.61 bits per heavy atom. The number of likely N-dealkylation sites (N-methyl/N-ethyl adjacent to an activating group) is 1. The summed E-state index contributed by atoms with van der Waals surface area (Å²) in [6.45, 7) is 4.93. The molecule has 8 heteroatoms. The third-order valence-corrected chi connectivity index (χ3v) is 7.37. The Balaban J connectivity index is 1.47. The molecule has 2 aromatic heterocycles. The van der Waals surface area contributed by atoms with Gasteiger partial charge in [-0.1, -0.05) is 0 Å². The Kier molecular flexibility index (Phi) is 5.64. The van der Waals surface area contributed by atoms with Crippen molar-refractivity contribution < 1.29 is 4.79 Å². The number of hydrogen-bond acceptors (Lipinski definition) is 5. The van der Waals surface area contributed by atoms with Gasteiger partial charge in [-0.05, 0) is 0 Å². The summed E-state index contributed by atoms with van der Waals surface area (Å²) in [4.78, 5) is 25.2. The van der Waals surface area contributed by atoms with Crippen LogP contribution in [0, 0.1) is 0 Å². The van der Waals surface area contributed by atoms with E-state index in [0.29, 0.717) is 13.0 Å². The minimum absolute atomic E-state index is 0.301. The number of rotatable bonds is 6. The van der Waals surface area contributed by atoms with Crippen LogP contribution in [0.25, 0.3) is 11.0 Å². The molecule has 0 aliphatic carbocycles. The van der Waals surface area contributed by atoms with Gasteiger partial charge in [-0.15, -0.1) is 0 Å². The van der Waals surface area contributed by atoms with E-state index in [1.54, 1.807) is 0 Å². The number of aryl methyl sites for hydroxylation is 1. The third kappa shape index (κ3) is 4.37. The van der Waals surface area contributed by atoms with E-state index in [1.165, 1.54) is 10.0 Å². The molecular formula is C20H25AsN6O. The molecule has 1 aliphatic rings. The van der Waals surface area contributed by atoms with Crippen LogP contribution in [0.15, 0.2) is 42.7 Å². The Morgan fingerprint density at radius 2 is 1.89 bits per heavy atom. The quantitative estimate of drug-likeness (QED) is 0.521. The molecule has 1 aliphatic heterocycles. The van der Waals surface area contributed by atoms with Gasteiger partial charge in [0.1, 0.15) is 0 Å². The summed E-state index contributed by atoms with van der Waals surface area (Å²) in [5, 5.41) is 0.991. The number of hydrogen-bond donors (Lipinski definition) is 1. The molecule has 1 atom stereocenters. The number of nitrogens with zero attached hydrogens (tertiary/aromatic N) is 5. The van der Waals surface area contributed by atoms with E-state index in [2.05, 4.69) is 46.1 Å². The number of fused-ring (bicyclic) bond motifs is 1. The molecule has 1 saturated heterocycles. The number of aromatic nitrogens is 3. The number of primary amides is 1. The summed E-state index contributed by atoms with van der Waals surface area (Å²) in [6.07, 6.45) is 4.13. The molecule has 0 radical (unpaired) electrons. The zero-order chi connectivity index (χ0) is 19.5. The molecule has 7 nitrogen and oxygen atoms in total. The first-order chi connectivity index (χ1) is 13.6. The summed E-state index contributed by atoms with van der Waals surface area (Å²) in [5.74, 6) is -0.301. The first-order valence-corrected chi connectivity index (χ1v) is 11.6. The average molecular weight is 440 g/mol. The summed E-state index contributed by atoms with van der Waals surface area (Å²) in [7, 11) is 2.17. The van der Waals surface area contributed by atoms with Crippen LogP contribution in [-0.2, 0) is 11.3 Å². The molecule has 0 saturated carbocycles. The molecule has 0 bridgehead atoms. The van der Waals surface area contributed by atoms with Crippen molar-refractivity contribution in [2.75, 3.05) is 38.1 Å². The Labute approximate surface area is 171 Å². The molecule has 1 unspecified atom stereocenters. The number of carbonyl (C=O) groups excluding carboxylic acids is 1. The second kappa shape index (κ2) is 8.33. The molecule has 28 heavy (non-hydrogen) atoms. The van der Waals surface area contributed by atoms with Crippen molar-refractivity contribution in [2.24, 2.45) is 5.73 Å². The van der Waals surface area contributed by atoms with E-state index in [0.717, 1.165) is 41.8 Å². The van der Waals surface area contributed by atoms with Crippen LogP contribution in [0.3, 0.4) is 0 Å². The number of benzene rings is 1. The predicted molar refractivity (Wildman–Crippen MR) is 114 cm³/mol. The normalized spacial score (nSPS) is 15.7. The molecule has 4 rings (SSSR count). The minimum atomic E-state index is -0.610. The van der Waals surface area contributed by atoms with E-state index in [-0.39, 0.29) is 5.91 Å². The summed E-state index contributed by atoms with van der Waals surface area (Å²) >= 11 is -0.610. The molecule has 146 valence electrons. The molecule has 1 aromatic carbocycles. The summed E-state index contributed by atoms with van der Waals surface area (Å²) in [5.41, 5.74) is 7.44. The molecule has 3 aromatic rings. The Morgan fingerprint density at radius 1 is 1.14 bits per heavy atom. The molecule has 1 fully saturated rings. The fraction of sp³-hybridized carbons (Fsp3) is 0.350. The van der Waals surface area contributed by atoms with Crippen LogP contribution in [0.4, 0.5) is 5.69 Å². The predicted octanol–water partition coefficient (Wildman–Crippen LogP) is -0.554. The van der Waals surface area contributed by atoms with Crippen molar-refractivity contribution >= 4 is 47.3 Å². The fourth-order valence-corrected chi connectivity index (χ4v) is 5.24. The van der Waals surface area contributed by atoms with Crippen molar-refractivity contribution in [3.63, 3.8) is 0 Å². The van der Waals surface area contributed by atoms with Gasteiger partial charge >= 0.3 is 171 Å². The SMILES string of the molecule is CN1CCN(c2ccc([AsH]c3ncc4ccn(CCC(N)=O)c4n3)cc2)CC1. The van der Waals surface area contributed by atoms with Crippen LogP contribution >= 0.6 is 0 Å². The topological polar surface area (TPSA) is 80.3 Å². The number of piperazine rings is 1. The van der Waals surface area contributed by atoms with Crippen molar-refractivity contribution in [2.45, 2.75) is 13.0 Å². The number of carbonyl (C=O) groups is 1. The van der Waals surface area contributed by atoms with Crippen LogP contribution in [0.5, 0.6) is 0 Å². The van der Waals surface area contributed by atoms with Crippen molar-refractivity contribution in [3.05, 3.63) is 42.7 Å². The molecule has 3 heterocycles. The zero-order valence-corrected chi connectivity index (χ0v) is 18.1. The van der Waals surface area contributed by atoms with Crippen LogP contribution in [0.2, 0.25) is 0 Å². The first-order valence-electron chi connectivity index (χ1n) is 9.49. The van der Waals surface area contributed by atoms with E-state index >= 15 is 0 Å². The first kappa shape index (κ1) is 19.0. The van der Waals surface area contributed by atoms with Gasteiger partial charge < -0.3 is 0 Å². The maximum atomic E-state index is 11.1. The molecule has 1 amide bonds. The van der Waals surface area contributed by atoms with Gasteiger partial charge in [-0.2, -0.15) is 0 Å². The van der Waals surface area contributed by atoms with Crippen LogP contribution < -0.4 is 19.6 Å². The van der Waals surface area contributed by atoms with E-state index in [1.807, 2.05) is 23.0 Å². The molecular weight excluding hydrogens is 415 g/mol. The van der Waals surface area contributed by atoms with Crippen molar-refractivity contribution in [1.82, 2.24) is 19.4 Å². The summed E-state index contributed by atoms with van der Waals surface area (Å²) < 4.78 is 4.19. The van der Waals surface area contributed by atoms with Gasteiger partial charge in [0.15, 0.2) is 0 Å². The molecule has 2 N–H and O–H groups in total. The zero-order valence-electron chi connectivity index (χ0n) is 16.0. The monoisotopic (exact) mass is 440 g/mol. The Bertz CT molecular complexity index is 962. The van der Waals surface area contributed by atoms with Gasteiger partial charge in [0.2, 0.25) is 0 Å². The molecule has 0 spiro atoms.